The molecule has 0 aliphatic carbocycles. The van der Waals surface area contributed by atoms with Crippen LogP contribution in [-0.4, -0.2) is 53.8 Å². The van der Waals surface area contributed by atoms with E-state index < -0.39 is 43.9 Å². The Labute approximate surface area is 207 Å². The summed E-state index contributed by atoms with van der Waals surface area (Å²) >= 11 is 0. The molecule has 2 amide bonds. The molecule has 0 fully saturated rings. The average Bonchev–Trinajstić information content (AvgIpc) is 2.78. The molecule has 0 unspecified atom stereocenters. The molecule has 4 N–H and O–H groups in total. The van der Waals surface area contributed by atoms with Crippen molar-refractivity contribution in [3.8, 4) is 0 Å². The first-order chi connectivity index (χ1) is 16.3. The predicted molar refractivity (Wildman–Crippen MR) is 133 cm³/mol. The molecule has 0 spiro atoms. The Morgan fingerprint density at radius 3 is 1.29 bits per heavy atom. The van der Waals surface area contributed by atoms with Crippen LogP contribution in [0.4, 0.5) is 0 Å². The first-order valence-corrected chi connectivity index (χ1v) is 14.0. The molecule has 35 heavy (non-hydrogen) atoms. The lowest BCUT2D eigenvalue weighted by Gasteiger charge is -2.16. The van der Waals surface area contributed by atoms with Gasteiger partial charge in [-0.2, -0.15) is 9.44 Å². The van der Waals surface area contributed by atoms with E-state index in [-0.39, 0.29) is 22.9 Å². The number of hydrogen-bond donors (Lipinski definition) is 4. The Kier molecular flexibility index (Phi) is 9.95. The van der Waals surface area contributed by atoms with Crippen LogP contribution >= 0.6 is 0 Å². The number of benzene rings is 2. The van der Waals surface area contributed by atoms with Gasteiger partial charge in [-0.3, -0.25) is 9.59 Å². The minimum absolute atomic E-state index is 0.0672. The fourth-order valence-electron chi connectivity index (χ4n) is 2.96. The minimum Gasteiger partial charge on any atom is -0.355 e. The molecule has 0 saturated heterocycles. The largest absolute Gasteiger partial charge is 0.355 e. The van der Waals surface area contributed by atoms with Gasteiger partial charge < -0.3 is 10.6 Å². The fraction of sp³-hybridized carbons (Fsp3) is 0.391. The molecule has 2 rings (SSSR count). The molecular weight excluding hydrogens is 492 g/mol. The van der Waals surface area contributed by atoms with E-state index in [1.165, 1.54) is 38.1 Å². The Morgan fingerprint density at radius 2 is 0.971 bits per heavy atom. The van der Waals surface area contributed by atoms with Gasteiger partial charge in [-0.05, 0) is 58.4 Å². The molecular formula is C23H32N4O6S2. The van der Waals surface area contributed by atoms with E-state index in [4.69, 9.17) is 0 Å². The summed E-state index contributed by atoms with van der Waals surface area (Å²) in [7, 11) is -7.68. The summed E-state index contributed by atoms with van der Waals surface area (Å²) in [5, 5.41) is 5.21. The van der Waals surface area contributed by atoms with Crippen molar-refractivity contribution in [2.24, 2.45) is 0 Å². The summed E-state index contributed by atoms with van der Waals surface area (Å²) in [6, 6.07) is 10.5. The maximum atomic E-state index is 12.4. The van der Waals surface area contributed by atoms with Crippen LogP contribution in [0.1, 0.15) is 31.4 Å². The van der Waals surface area contributed by atoms with Crippen molar-refractivity contribution in [1.82, 2.24) is 20.1 Å². The smallest absolute Gasteiger partial charge is 0.241 e. The third-order valence-corrected chi connectivity index (χ3v) is 8.18. The summed E-state index contributed by atoms with van der Waals surface area (Å²) in [6.45, 7) is 6.94. The number of aryl methyl sites for hydroxylation is 2. The number of carbonyl (C=O) groups is 2. The van der Waals surface area contributed by atoms with Crippen molar-refractivity contribution in [3.63, 3.8) is 0 Å². The normalized spacial score (nSPS) is 13.6. The highest BCUT2D eigenvalue weighted by Gasteiger charge is 2.23. The summed E-state index contributed by atoms with van der Waals surface area (Å²) in [6.07, 6.45) is 0.367. The van der Waals surface area contributed by atoms with Crippen LogP contribution in [0.3, 0.4) is 0 Å². The van der Waals surface area contributed by atoms with E-state index in [0.717, 1.165) is 11.1 Å². The van der Waals surface area contributed by atoms with E-state index in [1.54, 1.807) is 24.3 Å². The van der Waals surface area contributed by atoms with E-state index >= 15 is 0 Å². The SMILES string of the molecule is Cc1ccc(S(=O)(=O)N[C@@H](C)C(=O)NCCCNC(=O)[C@H](C)NS(=O)(=O)c2ccc(C)cc2)cc1. The predicted octanol–water partition coefficient (Wildman–Crippen LogP) is 0.960. The lowest BCUT2D eigenvalue weighted by molar-refractivity contribution is -0.122. The van der Waals surface area contributed by atoms with Gasteiger partial charge in [0.25, 0.3) is 0 Å². The number of rotatable bonds is 12. The average molecular weight is 525 g/mol. The first-order valence-electron chi connectivity index (χ1n) is 11.1. The molecule has 2 aromatic carbocycles. The van der Waals surface area contributed by atoms with Crippen molar-refractivity contribution in [1.29, 1.82) is 0 Å². The second-order valence-electron chi connectivity index (χ2n) is 8.25. The number of sulfonamides is 2. The van der Waals surface area contributed by atoms with E-state index in [0.29, 0.717) is 6.42 Å². The molecule has 192 valence electrons. The lowest BCUT2D eigenvalue weighted by Crippen LogP contribution is -2.46. The van der Waals surface area contributed by atoms with Crippen LogP contribution < -0.4 is 20.1 Å². The van der Waals surface area contributed by atoms with Gasteiger partial charge >= 0.3 is 0 Å². The Balaban J connectivity index is 1.73. The zero-order valence-electron chi connectivity index (χ0n) is 20.2. The van der Waals surface area contributed by atoms with Gasteiger partial charge in [0, 0.05) is 13.1 Å². The third kappa shape index (κ3) is 8.73. The van der Waals surface area contributed by atoms with Crippen molar-refractivity contribution in [3.05, 3.63) is 59.7 Å². The van der Waals surface area contributed by atoms with Crippen LogP contribution in [0.25, 0.3) is 0 Å². The van der Waals surface area contributed by atoms with Crippen molar-refractivity contribution >= 4 is 31.9 Å². The molecule has 0 heterocycles. The highest BCUT2D eigenvalue weighted by atomic mass is 32.2. The summed E-state index contributed by atoms with van der Waals surface area (Å²) in [5.74, 6) is -1.02. The maximum Gasteiger partial charge on any atom is 0.241 e. The zero-order chi connectivity index (χ0) is 26.2. The van der Waals surface area contributed by atoms with Gasteiger partial charge in [0.1, 0.15) is 0 Å². The van der Waals surface area contributed by atoms with Gasteiger partial charge in [-0.1, -0.05) is 35.4 Å². The molecule has 0 aliphatic rings. The molecule has 0 aliphatic heterocycles. The maximum absolute atomic E-state index is 12.4. The number of hydrogen-bond acceptors (Lipinski definition) is 6. The van der Waals surface area contributed by atoms with Crippen LogP contribution in [0.5, 0.6) is 0 Å². The molecule has 0 radical (unpaired) electrons. The zero-order valence-corrected chi connectivity index (χ0v) is 21.8. The molecule has 0 aromatic heterocycles. The molecule has 10 nitrogen and oxygen atoms in total. The van der Waals surface area contributed by atoms with E-state index in [2.05, 4.69) is 20.1 Å². The molecule has 2 atom stereocenters. The second-order valence-corrected chi connectivity index (χ2v) is 11.7. The van der Waals surface area contributed by atoms with Gasteiger partial charge in [-0.25, -0.2) is 16.8 Å². The third-order valence-electron chi connectivity index (χ3n) is 5.07. The van der Waals surface area contributed by atoms with Gasteiger partial charge in [-0.15, -0.1) is 0 Å². The van der Waals surface area contributed by atoms with Crippen molar-refractivity contribution in [2.45, 2.75) is 56.0 Å². The van der Waals surface area contributed by atoms with E-state index in [9.17, 15) is 26.4 Å². The Morgan fingerprint density at radius 1 is 0.657 bits per heavy atom. The topological polar surface area (TPSA) is 151 Å². The van der Waals surface area contributed by atoms with Crippen molar-refractivity contribution in [2.75, 3.05) is 13.1 Å². The quantitative estimate of drug-likeness (QED) is 0.304. The van der Waals surface area contributed by atoms with Crippen LogP contribution in [0, 0.1) is 13.8 Å². The Bertz CT molecular complexity index is 1130. The minimum atomic E-state index is -3.84. The standard InChI is InChI=1S/C23H32N4O6S2/c1-16-6-10-20(11-7-16)34(30,31)26-18(3)22(28)24-14-5-15-25-23(29)19(4)27-35(32,33)21-12-8-17(2)9-13-21/h6-13,18-19,26-27H,5,14-15H2,1-4H3,(H,24,28)(H,25,29)/t18-,19-/m0/s1. The van der Waals surface area contributed by atoms with E-state index in [1.807, 2.05) is 13.8 Å². The van der Waals surface area contributed by atoms with Crippen molar-refractivity contribution < 1.29 is 26.4 Å². The molecule has 2 aromatic rings. The molecule has 0 bridgehead atoms. The number of nitrogens with one attached hydrogen (secondary N) is 4. The summed E-state index contributed by atoms with van der Waals surface area (Å²) in [5.41, 5.74) is 1.83. The number of carbonyl (C=O) groups excluding carboxylic acids is 2. The monoisotopic (exact) mass is 524 g/mol. The van der Waals surface area contributed by atoms with Crippen LogP contribution in [0.2, 0.25) is 0 Å². The molecule has 0 saturated carbocycles. The van der Waals surface area contributed by atoms with Crippen LogP contribution in [0.15, 0.2) is 58.3 Å². The molecule has 12 heteroatoms. The summed E-state index contributed by atoms with van der Waals surface area (Å²) < 4.78 is 54.2. The first kappa shape index (κ1) is 28.4. The summed E-state index contributed by atoms with van der Waals surface area (Å²) in [4.78, 5) is 24.6. The number of amides is 2. The highest BCUT2D eigenvalue weighted by molar-refractivity contribution is 7.89. The fourth-order valence-corrected chi connectivity index (χ4v) is 5.37. The van der Waals surface area contributed by atoms with Gasteiger partial charge in [0.05, 0.1) is 21.9 Å². The van der Waals surface area contributed by atoms with Gasteiger partial charge in [0.15, 0.2) is 0 Å². The highest BCUT2D eigenvalue weighted by Crippen LogP contribution is 2.11. The van der Waals surface area contributed by atoms with Gasteiger partial charge in [0.2, 0.25) is 31.9 Å². The second kappa shape index (κ2) is 12.2. The lowest BCUT2D eigenvalue weighted by atomic mass is 10.2. The Hall–Kier alpha value is -2.80. The van der Waals surface area contributed by atoms with Crippen LogP contribution in [-0.2, 0) is 29.6 Å².